The van der Waals surface area contributed by atoms with Crippen LogP contribution in [0.5, 0.6) is 0 Å². The van der Waals surface area contributed by atoms with E-state index < -0.39 is 9.84 Å². The second-order valence-corrected chi connectivity index (χ2v) is 8.19. The molecule has 0 saturated carbocycles. The fourth-order valence-electron chi connectivity index (χ4n) is 3.19. The Morgan fingerprint density at radius 1 is 1.33 bits per heavy atom. The minimum absolute atomic E-state index is 0.0538. The number of rotatable bonds is 2. The highest BCUT2D eigenvalue weighted by molar-refractivity contribution is 7.91. The monoisotopic (exact) mass is 308 g/mol. The van der Waals surface area contributed by atoms with Gasteiger partial charge in [-0.15, -0.1) is 0 Å². The van der Waals surface area contributed by atoms with E-state index in [2.05, 4.69) is 5.32 Å². The van der Waals surface area contributed by atoms with Crippen LogP contribution in [0.4, 0.5) is 0 Å². The lowest BCUT2D eigenvalue weighted by molar-refractivity contribution is 0.0956. The summed E-state index contributed by atoms with van der Waals surface area (Å²) in [4.78, 5) is 12.1. The number of carbonyl (C=O) groups excluding carboxylic acids is 1. The Balaban J connectivity index is 1.88. The molecule has 1 amide bonds. The first-order chi connectivity index (χ1) is 9.96. The molecule has 3 rings (SSSR count). The van der Waals surface area contributed by atoms with Crippen LogP contribution in [0.2, 0.25) is 0 Å². The molecule has 2 unspecified atom stereocenters. The lowest BCUT2D eigenvalue weighted by Gasteiger charge is -2.19. The third kappa shape index (κ3) is 2.96. The maximum absolute atomic E-state index is 12.1. The van der Waals surface area contributed by atoms with Crippen molar-refractivity contribution in [2.45, 2.75) is 25.3 Å². The minimum atomic E-state index is -2.94. The van der Waals surface area contributed by atoms with E-state index in [-0.39, 0.29) is 29.4 Å². The van der Waals surface area contributed by atoms with Crippen molar-refractivity contribution < 1.29 is 13.2 Å². The summed E-state index contributed by atoms with van der Waals surface area (Å²) in [5, 5.41) is 2.87. The Morgan fingerprint density at radius 3 is 2.86 bits per heavy atom. The number of fused-ring (bicyclic) bond motifs is 1. The maximum atomic E-state index is 12.1. The number of benzene rings is 1. The number of hydrogen-bond donors (Lipinski definition) is 2. The van der Waals surface area contributed by atoms with E-state index in [0.717, 1.165) is 24.0 Å². The van der Waals surface area contributed by atoms with Crippen LogP contribution in [0.25, 0.3) is 0 Å². The predicted octanol–water partition coefficient (Wildman–Crippen LogP) is 0.797. The van der Waals surface area contributed by atoms with Crippen LogP contribution in [0.15, 0.2) is 18.2 Å². The Labute approximate surface area is 124 Å². The molecule has 0 bridgehead atoms. The molecule has 2 atom stereocenters. The van der Waals surface area contributed by atoms with Crippen LogP contribution in [0, 0.1) is 5.92 Å². The molecule has 2 aliphatic heterocycles. The van der Waals surface area contributed by atoms with Crippen molar-refractivity contribution in [1.29, 1.82) is 0 Å². The summed E-state index contributed by atoms with van der Waals surface area (Å²) in [7, 11) is -2.94. The number of nitrogens with one attached hydrogen (secondary N) is 1. The average Bonchev–Trinajstić information content (AvgIpc) is 2.72. The summed E-state index contributed by atoms with van der Waals surface area (Å²) in [6.45, 7) is 0.690. The van der Waals surface area contributed by atoms with Gasteiger partial charge in [0.25, 0.3) is 5.91 Å². The summed E-state index contributed by atoms with van der Waals surface area (Å²) in [6.07, 6.45) is 2.42. The van der Waals surface area contributed by atoms with E-state index in [1.54, 1.807) is 0 Å². The van der Waals surface area contributed by atoms with Crippen LogP contribution in [0.3, 0.4) is 0 Å². The molecule has 114 valence electrons. The number of carbonyl (C=O) groups is 1. The first-order valence-electron chi connectivity index (χ1n) is 7.33. The van der Waals surface area contributed by atoms with Gasteiger partial charge in [0.1, 0.15) is 0 Å². The van der Waals surface area contributed by atoms with Crippen LogP contribution in [-0.4, -0.2) is 32.4 Å². The largest absolute Gasteiger partial charge is 0.352 e. The number of hydrogen-bond acceptors (Lipinski definition) is 4. The molecular weight excluding hydrogens is 288 g/mol. The summed E-state index contributed by atoms with van der Waals surface area (Å²) >= 11 is 0. The van der Waals surface area contributed by atoms with Gasteiger partial charge in [-0.3, -0.25) is 4.79 Å². The second-order valence-electron chi connectivity index (χ2n) is 5.96. The molecule has 0 spiro atoms. The number of amides is 1. The Kier molecular flexibility index (Phi) is 3.75. The van der Waals surface area contributed by atoms with Gasteiger partial charge < -0.3 is 11.1 Å². The molecule has 0 aliphatic carbocycles. The zero-order chi connectivity index (χ0) is 15.0. The van der Waals surface area contributed by atoms with Crippen molar-refractivity contribution in [2.24, 2.45) is 11.7 Å². The Hall–Kier alpha value is -1.40. The fourth-order valence-corrected chi connectivity index (χ4v) is 5.04. The molecule has 0 aromatic heterocycles. The quantitative estimate of drug-likeness (QED) is 0.845. The molecule has 1 saturated heterocycles. The molecule has 1 fully saturated rings. The molecule has 5 nitrogen and oxygen atoms in total. The molecule has 0 radical (unpaired) electrons. The summed E-state index contributed by atoms with van der Waals surface area (Å²) in [6, 6.07) is 5.40. The lowest BCUT2D eigenvalue weighted by Crippen LogP contribution is -2.25. The van der Waals surface area contributed by atoms with Crippen molar-refractivity contribution >= 4 is 15.7 Å². The molecule has 2 aliphatic rings. The summed E-state index contributed by atoms with van der Waals surface area (Å²) in [5.74, 6) is 0.256. The van der Waals surface area contributed by atoms with Gasteiger partial charge in [-0.25, -0.2) is 8.42 Å². The van der Waals surface area contributed by atoms with Gasteiger partial charge in [-0.2, -0.15) is 0 Å². The molecule has 6 heteroatoms. The molecule has 1 aromatic rings. The fraction of sp³-hybridized carbons (Fsp3) is 0.533. The van der Waals surface area contributed by atoms with E-state index >= 15 is 0 Å². The standard InChI is InChI=1S/C15H20N2O3S/c16-14(12-5-7-21(19,20)9-12)11-4-3-10-2-1-6-17-15(18)13(10)8-11/h3-4,8,12,14H,1-2,5-7,9,16H2,(H,17,18). The normalized spacial score (nSPS) is 25.8. The Bertz CT molecular complexity index is 669. The third-order valence-corrected chi connectivity index (χ3v) is 6.24. The first-order valence-corrected chi connectivity index (χ1v) is 9.15. The molecular formula is C15H20N2O3S. The topological polar surface area (TPSA) is 89.3 Å². The van der Waals surface area contributed by atoms with E-state index in [1.165, 1.54) is 0 Å². The summed E-state index contributed by atoms with van der Waals surface area (Å²) in [5.41, 5.74) is 8.82. The predicted molar refractivity (Wildman–Crippen MR) is 80.8 cm³/mol. The van der Waals surface area contributed by atoms with Gasteiger partial charge in [-0.1, -0.05) is 12.1 Å². The highest BCUT2D eigenvalue weighted by Crippen LogP contribution is 2.31. The molecule has 1 aromatic carbocycles. The Morgan fingerprint density at radius 2 is 2.14 bits per heavy atom. The van der Waals surface area contributed by atoms with Crippen LogP contribution >= 0.6 is 0 Å². The van der Waals surface area contributed by atoms with Crippen molar-refractivity contribution in [2.75, 3.05) is 18.1 Å². The zero-order valence-electron chi connectivity index (χ0n) is 11.8. The van der Waals surface area contributed by atoms with Gasteiger partial charge in [0, 0.05) is 18.2 Å². The van der Waals surface area contributed by atoms with Gasteiger partial charge in [0.2, 0.25) is 0 Å². The molecule has 2 heterocycles. The van der Waals surface area contributed by atoms with Crippen molar-refractivity contribution in [1.82, 2.24) is 5.32 Å². The van der Waals surface area contributed by atoms with Gasteiger partial charge in [0.05, 0.1) is 11.5 Å². The molecule has 21 heavy (non-hydrogen) atoms. The third-order valence-electron chi connectivity index (χ3n) is 4.45. The highest BCUT2D eigenvalue weighted by atomic mass is 32.2. The highest BCUT2D eigenvalue weighted by Gasteiger charge is 2.33. The first kappa shape index (κ1) is 14.5. The number of sulfone groups is 1. The van der Waals surface area contributed by atoms with Crippen LogP contribution in [-0.2, 0) is 16.3 Å². The second kappa shape index (κ2) is 5.42. The van der Waals surface area contributed by atoms with Gasteiger partial charge in [-0.05, 0) is 42.4 Å². The summed E-state index contributed by atoms with van der Waals surface area (Å²) < 4.78 is 23.2. The van der Waals surface area contributed by atoms with E-state index in [0.29, 0.717) is 18.5 Å². The van der Waals surface area contributed by atoms with Gasteiger partial charge >= 0.3 is 0 Å². The maximum Gasteiger partial charge on any atom is 0.251 e. The number of nitrogens with two attached hydrogens (primary N) is 1. The van der Waals surface area contributed by atoms with E-state index in [4.69, 9.17) is 5.73 Å². The smallest absolute Gasteiger partial charge is 0.251 e. The van der Waals surface area contributed by atoms with Crippen molar-refractivity contribution in [3.63, 3.8) is 0 Å². The van der Waals surface area contributed by atoms with Crippen LogP contribution in [0.1, 0.15) is 40.4 Å². The van der Waals surface area contributed by atoms with E-state index in [9.17, 15) is 13.2 Å². The SMILES string of the molecule is NC(c1ccc2c(c1)C(=O)NCCC2)C1CCS(=O)(=O)C1. The van der Waals surface area contributed by atoms with Crippen molar-refractivity contribution in [3.8, 4) is 0 Å². The van der Waals surface area contributed by atoms with Gasteiger partial charge in [0.15, 0.2) is 9.84 Å². The van der Waals surface area contributed by atoms with E-state index in [1.807, 2.05) is 18.2 Å². The zero-order valence-corrected chi connectivity index (χ0v) is 12.7. The van der Waals surface area contributed by atoms with Crippen molar-refractivity contribution in [3.05, 3.63) is 34.9 Å². The lowest BCUT2D eigenvalue weighted by atomic mass is 9.90. The van der Waals surface area contributed by atoms with Crippen LogP contribution < -0.4 is 11.1 Å². The average molecular weight is 308 g/mol. The number of aryl methyl sites for hydroxylation is 1. The molecule has 3 N–H and O–H groups in total. The minimum Gasteiger partial charge on any atom is -0.352 e.